The summed E-state index contributed by atoms with van der Waals surface area (Å²) in [5.41, 5.74) is 1.68. The lowest BCUT2D eigenvalue weighted by Gasteiger charge is -2.30. The fourth-order valence-electron chi connectivity index (χ4n) is 4.03. The highest BCUT2D eigenvalue weighted by Crippen LogP contribution is 2.39. The summed E-state index contributed by atoms with van der Waals surface area (Å²) in [6.45, 7) is 3.36. The Morgan fingerprint density at radius 1 is 1.10 bits per heavy atom. The fourth-order valence-corrected chi connectivity index (χ4v) is 5.46. The Morgan fingerprint density at radius 2 is 1.85 bits per heavy atom. The molecule has 2 heteroatoms. The summed E-state index contributed by atoms with van der Waals surface area (Å²) in [7, 11) is 0. The van der Waals surface area contributed by atoms with Gasteiger partial charge in [0.25, 0.3) is 0 Å². The molecule has 1 aromatic heterocycles. The topological polar surface area (TPSA) is 12.0 Å². The van der Waals surface area contributed by atoms with Crippen molar-refractivity contribution >= 4 is 11.3 Å². The van der Waals surface area contributed by atoms with E-state index in [1.165, 1.54) is 64.2 Å². The van der Waals surface area contributed by atoms with Gasteiger partial charge in [0.2, 0.25) is 0 Å². The molecule has 2 aliphatic rings. The zero-order chi connectivity index (χ0) is 13.8. The molecule has 1 saturated carbocycles. The Labute approximate surface area is 128 Å². The Morgan fingerprint density at radius 3 is 2.65 bits per heavy atom. The van der Waals surface area contributed by atoms with Gasteiger partial charge in [0.15, 0.2) is 0 Å². The predicted octanol–water partition coefficient (Wildman–Crippen LogP) is 5.25. The normalized spacial score (nSPS) is 22.2. The molecule has 0 aromatic carbocycles. The Balaban J connectivity index is 1.79. The van der Waals surface area contributed by atoms with Crippen molar-refractivity contribution in [3.05, 3.63) is 21.4 Å². The standard InChI is InChI=1S/C18H29NS/c1-2-19-18(14-9-5-3-6-10-14)17-13-15-11-7-4-8-12-16(15)20-17/h13-14,18-19H,2-12H2,1H3. The van der Waals surface area contributed by atoms with Gasteiger partial charge in [0, 0.05) is 15.8 Å². The lowest BCUT2D eigenvalue weighted by molar-refractivity contribution is 0.277. The number of hydrogen-bond donors (Lipinski definition) is 1. The third-order valence-electron chi connectivity index (χ3n) is 5.12. The lowest BCUT2D eigenvalue weighted by atomic mass is 9.83. The number of aryl methyl sites for hydroxylation is 2. The molecule has 2 aliphatic carbocycles. The highest BCUT2D eigenvalue weighted by molar-refractivity contribution is 7.12. The van der Waals surface area contributed by atoms with E-state index in [1.807, 2.05) is 0 Å². The number of thiophene rings is 1. The van der Waals surface area contributed by atoms with Gasteiger partial charge in [-0.3, -0.25) is 0 Å². The zero-order valence-electron chi connectivity index (χ0n) is 12.9. The summed E-state index contributed by atoms with van der Waals surface area (Å²) >= 11 is 2.13. The van der Waals surface area contributed by atoms with Gasteiger partial charge >= 0.3 is 0 Å². The van der Waals surface area contributed by atoms with Gasteiger partial charge in [-0.2, -0.15) is 0 Å². The Hall–Kier alpha value is -0.340. The monoisotopic (exact) mass is 291 g/mol. The second-order valence-corrected chi connectivity index (χ2v) is 7.76. The molecule has 0 spiro atoms. The van der Waals surface area contributed by atoms with Crippen LogP contribution in [0.3, 0.4) is 0 Å². The van der Waals surface area contributed by atoms with Crippen LogP contribution in [0, 0.1) is 5.92 Å². The third kappa shape index (κ3) is 3.28. The molecule has 0 amide bonds. The number of nitrogens with one attached hydrogen (secondary N) is 1. The van der Waals surface area contributed by atoms with Crippen LogP contribution >= 0.6 is 11.3 Å². The molecule has 0 aliphatic heterocycles. The van der Waals surface area contributed by atoms with Crippen molar-refractivity contribution in [1.82, 2.24) is 5.32 Å². The third-order valence-corrected chi connectivity index (χ3v) is 6.44. The predicted molar refractivity (Wildman–Crippen MR) is 88.6 cm³/mol. The molecule has 1 heterocycles. The highest BCUT2D eigenvalue weighted by atomic mass is 32.1. The second-order valence-electron chi connectivity index (χ2n) is 6.59. The van der Waals surface area contributed by atoms with Gasteiger partial charge in [-0.05, 0) is 62.6 Å². The summed E-state index contributed by atoms with van der Waals surface area (Å²) in [6, 6.07) is 3.20. The van der Waals surface area contributed by atoms with Crippen LogP contribution in [0.5, 0.6) is 0 Å². The van der Waals surface area contributed by atoms with Gasteiger partial charge in [-0.25, -0.2) is 0 Å². The molecular weight excluding hydrogens is 262 g/mol. The van der Waals surface area contributed by atoms with E-state index in [1.54, 1.807) is 15.3 Å². The zero-order valence-corrected chi connectivity index (χ0v) is 13.7. The number of rotatable bonds is 4. The van der Waals surface area contributed by atoms with Crippen LogP contribution in [-0.4, -0.2) is 6.54 Å². The maximum Gasteiger partial charge on any atom is 0.0443 e. The summed E-state index contributed by atoms with van der Waals surface area (Å²) in [6.07, 6.45) is 14.1. The van der Waals surface area contributed by atoms with E-state index < -0.39 is 0 Å². The van der Waals surface area contributed by atoms with E-state index in [0.29, 0.717) is 6.04 Å². The summed E-state index contributed by atoms with van der Waals surface area (Å²) in [5, 5.41) is 3.80. The van der Waals surface area contributed by atoms with Gasteiger partial charge in [0.05, 0.1) is 0 Å². The summed E-state index contributed by atoms with van der Waals surface area (Å²) in [5.74, 6) is 0.881. The molecule has 1 aromatic rings. The second kappa shape index (κ2) is 7.09. The largest absolute Gasteiger partial charge is 0.309 e. The van der Waals surface area contributed by atoms with E-state index in [4.69, 9.17) is 0 Å². The smallest absolute Gasteiger partial charge is 0.0443 e. The van der Waals surface area contributed by atoms with E-state index in [9.17, 15) is 0 Å². The van der Waals surface area contributed by atoms with E-state index in [0.717, 1.165) is 12.5 Å². The van der Waals surface area contributed by atoms with Crippen molar-refractivity contribution in [2.24, 2.45) is 5.92 Å². The van der Waals surface area contributed by atoms with Crippen LogP contribution in [0.4, 0.5) is 0 Å². The minimum Gasteiger partial charge on any atom is -0.309 e. The quantitative estimate of drug-likeness (QED) is 0.747. The van der Waals surface area contributed by atoms with Crippen molar-refractivity contribution in [2.45, 2.75) is 77.2 Å². The first-order valence-corrected chi connectivity index (χ1v) is 9.55. The molecule has 1 unspecified atom stereocenters. The SMILES string of the molecule is CCNC(c1cc2c(s1)CCCCC2)C1CCCCC1. The molecule has 1 atom stereocenters. The molecule has 112 valence electrons. The first-order chi connectivity index (χ1) is 9.88. The Bertz CT molecular complexity index is 394. The van der Waals surface area contributed by atoms with Crippen molar-refractivity contribution < 1.29 is 0 Å². The molecule has 1 N–H and O–H groups in total. The van der Waals surface area contributed by atoms with Crippen LogP contribution in [0.15, 0.2) is 6.07 Å². The first-order valence-electron chi connectivity index (χ1n) is 8.73. The van der Waals surface area contributed by atoms with Crippen LogP contribution in [-0.2, 0) is 12.8 Å². The highest BCUT2D eigenvalue weighted by Gasteiger charge is 2.26. The van der Waals surface area contributed by atoms with E-state index in [2.05, 4.69) is 29.6 Å². The van der Waals surface area contributed by atoms with E-state index >= 15 is 0 Å². The van der Waals surface area contributed by atoms with Crippen molar-refractivity contribution in [2.75, 3.05) is 6.54 Å². The van der Waals surface area contributed by atoms with Gasteiger partial charge < -0.3 is 5.32 Å². The summed E-state index contributed by atoms with van der Waals surface area (Å²) in [4.78, 5) is 3.35. The average molecular weight is 292 g/mol. The van der Waals surface area contributed by atoms with Crippen LogP contribution in [0.2, 0.25) is 0 Å². The van der Waals surface area contributed by atoms with E-state index in [-0.39, 0.29) is 0 Å². The number of fused-ring (bicyclic) bond motifs is 1. The van der Waals surface area contributed by atoms with Gasteiger partial charge in [0.1, 0.15) is 0 Å². The minimum absolute atomic E-state index is 0.636. The average Bonchev–Trinajstić information content (AvgIpc) is 2.76. The Kier molecular flexibility index (Phi) is 5.17. The van der Waals surface area contributed by atoms with Gasteiger partial charge in [-0.15, -0.1) is 11.3 Å². The van der Waals surface area contributed by atoms with Crippen LogP contribution in [0.1, 0.15) is 79.6 Å². The summed E-state index contributed by atoms with van der Waals surface area (Å²) < 4.78 is 0. The van der Waals surface area contributed by atoms with Gasteiger partial charge in [-0.1, -0.05) is 32.6 Å². The molecular formula is C18H29NS. The maximum absolute atomic E-state index is 3.80. The van der Waals surface area contributed by atoms with Crippen molar-refractivity contribution in [1.29, 1.82) is 0 Å². The molecule has 20 heavy (non-hydrogen) atoms. The van der Waals surface area contributed by atoms with Crippen molar-refractivity contribution in [3.63, 3.8) is 0 Å². The van der Waals surface area contributed by atoms with Crippen LogP contribution in [0.25, 0.3) is 0 Å². The molecule has 1 nitrogen and oxygen atoms in total. The maximum atomic E-state index is 3.80. The fraction of sp³-hybridized carbons (Fsp3) is 0.778. The lowest BCUT2D eigenvalue weighted by Crippen LogP contribution is -2.29. The molecule has 0 bridgehead atoms. The first kappa shape index (κ1) is 14.6. The molecule has 0 saturated heterocycles. The molecule has 1 fully saturated rings. The van der Waals surface area contributed by atoms with Crippen molar-refractivity contribution in [3.8, 4) is 0 Å². The van der Waals surface area contributed by atoms with Crippen LogP contribution < -0.4 is 5.32 Å². The minimum atomic E-state index is 0.636. The molecule has 0 radical (unpaired) electrons. The number of hydrogen-bond acceptors (Lipinski definition) is 2. The molecule has 3 rings (SSSR count).